The lowest BCUT2D eigenvalue weighted by Gasteiger charge is -2.07. The number of benzene rings is 2. The molecule has 0 fully saturated rings. The molecule has 0 radical (unpaired) electrons. The molecular weight excluding hydrogens is 326 g/mol. The molecule has 2 aromatic carbocycles. The summed E-state index contributed by atoms with van der Waals surface area (Å²) in [5.74, 6) is -0.945. The summed E-state index contributed by atoms with van der Waals surface area (Å²) in [4.78, 5) is 20.1. The van der Waals surface area contributed by atoms with Gasteiger partial charge in [-0.3, -0.25) is 4.79 Å². The molecule has 0 aliphatic rings. The Kier molecular flexibility index (Phi) is 4.94. The number of aromatic nitrogens is 2. The molecule has 1 heterocycles. The van der Waals surface area contributed by atoms with Crippen molar-refractivity contribution >= 4 is 17.5 Å². The van der Waals surface area contributed by atoms with Crippen LogP contribution < -0.4 is 10.6 Å². The van der Waals surface area contributed by atoms with Crippen molar-refractivity contribution in [3.63, 3.8) is 0 Å². The van der Waals surface area contributed by atoms with Crippen molar-refractivity contribution in [2.45, 2.75) is 6.54 Å². The van der Waals surface area contributed by atoms with Gasteiger partial charge in [-0.05, 0) is 24.3 Å². The van der Waals surface area contributed by atoms with Gasteiger partial charge in [0.2, 0.25) is 5.95 Å². The number of carbonyl (C=O) groups excluding carboxylic acids is 1. The smallest absolute Gasteiger partial charge is 0.258 e. The zero-order chi connectivity index (χ0) is 17.6. The third kappa shape index (κ3) is 4.35. The Balaban J connectivity index is 1.61. The Hall–Kier alpha value is -3.35. The minimum atomic E-state index is -0.453. The van der Waals surface area contributed by atoms with Crippen LogP contribution in [0.5, 0.6) is 0 Å². The van der Waals surface area contributed by atoms with Crippen LogP contribution in [-0.2, 0) is 6.54 Å². The number of nitrogens with one attached hydrogen (secondary N) is 2. The summed E-state index contributed by atoms with van der Waals surface area (Å²) in [7, 11) is 0. The Morgan fingerprint density at radius 2 is 1.76 bits per heavy atom. The van der Waals surface area contributed by atoms with Crippen LogP contribution in [0.3, 0.4) is 0 Å². The Morgan fingerprint density at radius 3 is 2.48 bits per heavy atom. The summed E-state index contributed by atoms with van der Waals surface area (Å²) in [6.07, 6.45) is 2.68. The van der Waals surface area contributed by atoms with E-state index in [4.69, 9.17) is 0 Å². The van der Waals surface area contributed by atoms with Crippen molar-refractivity contribution in [1.29, 1.82) is 0 Å². The summed E-state index contributed by atoms with van der Waals surface area (Å²) in [6.45, 7) is 0.224. The number of halogens is 2. The first-order chi connectivity index (χ1) is 12.1. The number of rotatable bonds is 5. The number of amides is 1. The van der Waals surface area contributed by atoms with Gasteiger partial charge in [-0.2, -0.15) is 0 Å². The predicted molar refractivity (Wildman–Crippen MR) is 90.1 cm³/mol. The molecule has 0 spiro atoms. The van der Waals surface area contributed by atoms with E-state index in [-0.39, 0.29) is 23.9 Å². The van der Waals surface area contributed by atoms with Crippen molar-refractivity contribution in [1.82, 2.24) is 9.97 Å². The second kappa shape index (κ2) is 7.48. The zero-order valence-corrected chi connectivity index (χ0v) is 13.0. The van der Waals surface area contributed by atoms with E-state index in [9.17, 15) is 13.6 Å². The molecule has 1 amide bonds. The lowest BCUT2D eigenvalue weighted by molar-refractivity contribution is 0.102. The van der Waals surface area contributed by atoms with Crippen molar-refractivity contribution in [2.75, 3.05) is 10.6 Å². The summed E-state index contributed by atoms with van der Waals surface area (Å²) >= 11 is 0. The zero-order valence-electron chi connectivity index (χ0n) is 13.0. The van der Waals surface area contributed by atoms with Gasteiger partial charge in [0.1, 0.15) is 11.6 Å². The van der Waals surface area contributed by atoms with Crippen LogP contribution in [-0.4, -0.2) is 15.9 Å². The standard InChI is InChI=1S/C18H14F2N4O/c19-14-5-3-6-15(8-14)24-17(25)13-10-22-18(23-11-13)21-9-12-4-1-2-7-16(12)20/h1-8,10-11H,9H2,(H,24,25)(H,21,22,23). The largest absolute Gasteiger partial charge is 0.350 e. The number of hydrogen-bond acceptors (Lipinski definition) is 4. The number of hydrogen-bond donors (Lipinski definition) is 2. The van der Waals surface area contributed by atoms with Crippen LogP contribution in [0.4, 0.5) is 20.4 Å². The average molecular weight is 340 g/mol. The minimum Gasteiger partial charge on any atom is -0.350 e. The summed E-state index contributed by atoms with van der Waals surface area (Å²) < 4.78 is 26.7. The summed E-state index contributed by atoms with van der Waals surface area (Å²) in [6, 6.07) is 11.9. The maximum atomic E-state index is 13.5. The maximum Gasteiger partial charge on any atom is 0.258 e. The number of nitrogens with zero attached hydrogens (tertiary/aromatic N) is 2. The highest BCUT2D eigenvalue weighted by atomic mass is 19.1. The molecule has 5 nitrogen and oxygen atoms in total. The second-order valence-corrected chi connectivity index (χ2v) is 5.20. The number of anilines is 2. The lowest BCUT2D eigenvalue weighted by Crippen LogP contribution is -2.13. The maximum absolute atomic E-state index is 13.5. The molecule has 0 unspecified atom stereocenters. The fourth-order valence-corrected chi connectivity index (χ4v) is 2.12. The first kappa shape index (κ1) is 16.5. The highest BCUT2D eigenvalue weighted by molar-refractivity contribution is 6.03. The summed E-state index contributed by atoms with van der Waals surface area (Å²) in [5, 5.41) is 5.44. The third-order valence-electron chi connectivity index (χ3n) is 3.39. The van der Waals surface area contributed by atoms with Gasteiger partial charge in [0.15, 0.2) is 0 Å². The van der Waals surface area contributed by atoms with E-state index in [0.29, 0.717) is 11.3 Å². The van der Waals surface area contributed by atoms with Crippen LogP contribution in [0.2, 0.25) is 0 Å². The molecule has 3 rings (SSSR count). The predicted octanol–water partition coefficient (Wildman–Crippen LogP) is 3.62. The molecule has 0 aliphatic heterocycles. The van der Waals surface area contributed by atoms with E-state index in [2.05, 4.69) is 20.6 Å². The number of carbonyl (C=O) groups is 1. The van der Waals surface area contributed by atoms with Crippen LogP contribution >= 0.6 is 0 Å². The Morgan fingerprint density at radius 1 is 1.00 bits per heavy atom. The van der Waals surface area contributed by atoms with E-state index in [0.717, 1.165) is 0 Å². The molecule has 7 heteroatoms. The molecule has 2 N–H and O–H groups in total. The molecule has 126 valence electrons. The van der Waals surface area contributed by atoms with Crippen molar-refractivity contribution in [3.05, 3.63) is 83.7 Å². The van der Waals surface area contributed by atoms with Crippen LogP contribution in [0.1, 0.15) is 15.9 Å². The van der Waals surface area contributed by atoms with Gasteiger partial charge in [0, 0.05) is 30.2 Å². The molecule has 0 bridgehead atoms. The molecule has 3 aromatic rings. The summed E-state index contributed by atoms with van der Waals surface area (Å²) in [5.41, 5.74) is 1.05. The van der Waals surface area contributed by atoms with E-state index in [1.54, 1.807) is 24.3 Å². The van der Waals surface area contributed by atoms with E-state index >= 15 is 0 Å². The first-order valence-corrected chi connectivity index (χ1v) is 7.48. The molecule has 0 aliphatic carbocycles. The van der Waals surface area contributed by atoms with E-state index < -0.39 is 11.7 Å². The highest BCUT2D eigenvalue weighted by Crippen LogP contribution is 2.12. The molecular formula is C18H14F2N4O. The molecule has 0 atom stereocenters. The Labute approximate surface area is 142 Å². The lowest BCUT2D eigenvalue weighted by atomic mass is 10.2. The van der Waals surface area contributed by atoms with Crippen LogP contribution in [0.15, 0.2) is 60.9 Å². The van der Waals surface area contributed by atoms with Crippen LogP contribution in [0.25, 0.3) is 0 Å². The normalized spacial score (nSPS) is 10.3. The van der Waals surface area contributed by atoms with Crippen molar-refractivity contribution in [3.8, 4) is 0 Å². The third-order valence-corrected chi connectivity index (χ3v) is 3.39. The van der Waals surface area contributed by atoms with Gasteiger partial charge in [0.05, 0.1) is 5.56 Å². The topological polar surface area (TPSA) is 66.9 Å². The van der Waals surface area contributed by atoms with E-state index in [1.165, 1.54) is 36.7 Å². The quantitative estimate of drug-likeness (QED) is 0.744. The fourth-order valence-electron chi connectivity index (χ4n) is 2.12. The first-order valence-electron chi connectivity index (χ1n) is 7.48. The molecule has 25 heavy (non-hydrogen) atoms. The molecule has 0 saturated carbocycles. The van der Waals surface area contributed by atoms with Gasteiger partial charge >= 0.3 is 0 Å². The minimum absolute atomic E-state index is 0.223. The SMILES string of the molecule is O=C(Nc1cccc(F)c1)c1cnc(NCc2ccccc2F)nc1. The van der Waals surface area contributed by atoms with Gasteiger partial charge in [-0.15, -0.1) is 0 Å². The second-order valence-electron chi connectivity index (χ2n) is 5.20. The fraction of sp³-hybridized carbons (Fsp3) is 0.0556. The monoisotopic (exact) mass is 340 g/mol. The van der Waals surface area contributed by atoms with Gasteiger partial charge in [-0.1, -0.05) is 24.3 Å². The Bertz CT molecular complexity index is 884. The molecule has 0 saturated heterocycles. The van der Waals surface area contributed by atoms with Crippen molar-refractivity contribution < 1.29 is 13.6 Å². The van der Waals surface area contributed by atoms with Crippen LogP contribution in [0, 0.1) is 11.6 Å². The van der Waals surface area contributed by atoms with Crippen molar-refractivity contribution in [2.24, 2.45) is 0 Å². The molecule has 1 aromatic heterocycles. The van der Waals surface area contributed by atoms with Gasteiger partial charge in [0.25, 0.3) is 5.91 Å². The average Bonchev–Trinajstić information content (AvgIpc) is 2.61. The highest BCUT2D eigenvalue weighted by Gasteiger charge is 2.08. The van der Waals surface area contributed by atoms with Gasteiger partial charge in [-0.25, -0.2) is 18.7 Å². The van der Waals surface area contributed by atoms with Gasteiger partial charge < -0.3 is 10.6 Å². The van der Waals surface area contributed by atoms with E-state index in [1.807, 2.05) is 0 Å².